The van der Waals surface area contributed by atoms with Crippen LogP contribution in [0.2, 0.25) is 0 Å². The first kappa shape index (κ1) is 19.4. The molecule has 0 amide bonds. The number of benzene rings is 2. The van der Waals surface area contributed by atoms with Gasteiger partial charge in [0.25, 0.3) is 0 Å². The van der Waals surface area contributed by atoms with Crippen LogP contribution < -0.4 is 4.74 Å². The SMILES string of the molecule is COc1c(F)cc(/C=N/O)cc1-c1cc2c(cc1C)C(C)(C)CCC2(C)C. The lowest BCUT2D eigenvalue weighted by Crippen LogP contribution is -2.34. The molecule has 4 heteroatoms. The third kappa shape index (κ3) is 3.33. The summed E-state index contributed by atoms with van der Waals surface area (Å²) in [5.74, 6) is -0.261. The van der Waals surface area contributed by atoms with Crippen molar-refractivity contribution in [1.82, 2.24) is 0 Å². The minimum atomic E-state index is -0.471. The van der Waals surface area contributed by atoms with Crippen LogP contribution in [0.5, 0.6) is 5.75 Å². The second kappa shape index (κ2) is 6.66. The van der Waals surface area contributed by atoms with Gasteiger partial charge < -0.3 is 9.94 Å². The van der Waals surface area contributed by atoms with Crippen molar-refractivity contribution < 1.29 is 14.3 Å². The molecule has 0 aliphatic heterocycles. The maximum absolute atomic E-state index is 14.6. The third-order valence-corrected chi connectivity index (χ3v) is 5.96. The molecule has 1 aliphatic rings. The Bertz CT molecular complexity index is 913. The molecule has 2 aromatic carbocycles. The molecule has 0 saturated carbocycles. The molecule has 2 aromatic rings. The van der Waals surface area contributed by atoms with E-state index in [2.05, 4.69) is 51.9 Å². The van der Waals surface area contributed by atoms with E-state index in [-0.39, 0.29) is 16.6 Å². The first-order chi connectivity index (χ1) is 12.6. The Morgan fingerprint density at radius 2 is 1.59 bits per heavy atom. The van der Waals surface area contributed by atoms with E-state index in [1.165, 1.54) is 30.5 Å². The highest BCUT2D eigenvalue weighted by Gasteiger charge is 2.37. The van der Waals surface area contributed by atoms with Crippen molar-refractivity contribution in [2.75, 3.05) is 7.11 Å². The highest BCUT2D eigenvalue weighted by Crippen LogP contribution is 2.48. The number of methoxy groups -OCH3 is 1. The molecule has 0 unspecified atom stereocenters. The summed E-state index contributed by atoms with van der Waals surface area (Å²) in [6, 6.07) is 7.55. The molecule has 1 N–H and O–H groups in total. The van der Waals surface area contributed by atoms with Crippen molar-refractivity contribution >= 4 is 6.21 Å². The number of nitrogens with zero attached hydrogens (tertiary/aromatic N) is 1. The molecule has 0 atom stereocenters. The van der Waals surface area contributed by atoms with Crippen molar-refractivity contribution in [2.24, 2.45) is 5.16 Å². The summed E-state index contributed by atoms with van der Waals surface area (Å²) < 4.78 is 20.0. The molecule has 0 spiro atoms. The lowest BCUT2D eigenvalue weighted by molar-refractivity contribution is 0.322. The molecule has 0 saturated heterocycles. The average molecular weight is 369 g/mol. The predicted molar refractivity (Wildman–Crippen MR) is 108 cm³/mol. The number of halogens is 1. The maximum atomic E-state index is 14.6. The zero-order chi connectivity index (χ0) is 20.0. The van der Waals surface area contributed by atoms with E-state index in [0.29, 0.717) is 11.1 Å². The van der Waals surface area contributed by atoms with E-state index in [1.807, 2.05) is 0 Å². The summed E-state index contributed by atoms with van der Waals surface area (Å²) in [6.45, 7) is 11.2. The molecule has 0 fully saturated rings. The van der Waals surface area contributed by atoms with Gasteiger partial charge in [-0.1, -0.05) is 38.9 Å². The second-order valence-electron chi connectivity index (χ2n) is 8.81. The minimum absolute atomic E-state index is 0.0588. The first-order valence-electron chi connectivity index (χ1n) is 9.31. The zero-order valence-corrected chi connectivity index (χ0v) is 17.0. The van der Waals surface area contributed by atoms with Crippen LogP contribution in [-0.4, -0.2) is 18.5 Å². The van der Waals surface area contributed by atoms with Crippen LogP contribution in [0.3, 0.4) is 0 Å². The number of ether oxygens (including phenoxy) is 1. The largest absolute Gasteiger partial charge is 0.493 e. The molecule has 0 heterocycles. The summed E-state index contributed by atoms with van der Waals surface area (Å²) in [6.07, 6.45) is 3.48. The minimum Gasteiger partial charge on any atom is -0.493 e. The van der Waals surface area contributed by atoms with E-state index in [0.717, 1.165) is 24.0 Å². The molecular weight excluding hydrogens is 341 g/mol. The highest BCUT2D eigenvalue weighted by atomic mass is 19.1. The van der Waals surface area contributed by atoms with Gasteiger partial charge in [-0.25, -0.2) is 4.39 Å². The van der Waals surface area contributed by atoms with Gasteiger partial charge in [-0.3, -0.25) is 0 Å². The Labute approximate surface area is 160 Å². The monoisotopic (exact) mass is 369 g/mol. The van der Waals surface area contributed by atoms with Gasteiger partial charge in [-0.2, -0.15) is 0 Å². The Balaban J connectivity index is 2.31. The van der Waals surface area contributed by atoms with E-state index in [1.54, 1.807) is 6.07 Å². The molecular formula is C23H28FNO2. The standard InChI is InChI=1S/C23H28FNO2/c1-14-9-18-19(23(4,5)8-7-22(18,2)3)12-16(14)17-10-15(13-25-26)11-20(24)21(17)27-6/h9-13,26H,7-8H2,1-6H3/b25-13+. The van der Waals surface area contributed by atoms with Crippen molar-refractivity contribution in [2.45, 2.75) is 58.3 Å². The summed E-state index contributed by atoms with van der Waals surface area (Å²) >= 11 is 0. The number of hydrogen-bond donors (Lipinski definition) is 1. The van der Waals surface area contributed by atoms with Crippen molar-refractivity contribution in [3.05, 3.63) is 52.3 Å². The second-order valence-corrected chi connectivity index (χ2v) is 8.81. The predicted octanol–water partition coefficient (Wildman–Crippen LogP) is 5.97. The van der Waals surface area contributed by atoms with Crippen molar-refractivity contribution in [3.8, 4) is 16.9 Å². The van der Waals surface area contributed by atoms with Gasteiger partial charge in [0.15, 0.2) is 11.6 Å². The lowest BCUT2D eigenvalue weighted by atomic mass is 9.62. The fraction of sp³-hybridized carbons (Fsp3) is 0.435. The summed E-state index contributed by atoms with van der Waals surface area (Å²) in [7, 11) is 1.47. The highest BCUT2D eigenvalue weighted by molar-refractivity contribution is 5.85. The summed E-state index contributed by atoms with van der Waals surface area (Å²) in [4.78, 5) is 0. The van der Waals surface area contributed by atoms with Gasteiger partial charge in [0.1, 0.15) is 0 Å². The van der Waals surface area contributed by atoms with Crippen LogP contribution in [0.15, 0.2) is 29.4 Å². The van der Waals surface area contributed by atoms with Crippen LogP contribution in [0.25, 0.3) is 11.1 Å². The molecule has 0 aromatic heterocycles. The lowest BCUT2D eigenvalue weighted by Gasteiger charge is -2.42. The van der Waals surface area contributed by atoms with Gasteiger partial charge in [0.2, 0.25) is 0 Å². The van der Waals surface area contributed by atoms with E-state index in [4.69, 9.17) is 9.94 Å². The number of fused-ring (bicyclic) bond motifs is 1. The summed E-state index contributed by atoms with van der Waals surface area (Å²) in [5, 5.41) is 11.9. The molecule has 1 aliphatic carbocycles. The number of hydrogen-bond acceptors (Lipinski definition) is 3. The molecule has 0 radical (unpaired) electrons. The molecule has 0 bridgehead atoms. The quantitative estimate of drug-likeness (QED) is 0.412. The van der Waals surface area contributed by atoms with Gasteiger partial charge in [0.05, 0.1) is 13.3 Å². The Morgan fingerprint density at radius 3 is 2.15 bits per heavy atom. The van der Waals surface area contributed by atoms with Crippen LogP contribution >= 0.6 is 0 Å². The fourth-order valence-electron chi connectivity index (χ4n) is 4.18. The number of rotatable bonds is 3. The van der Waals surface area contributed by atoms with Gasteiger partial charge >= 0.3 is 0 Å². The van der Waals surface area contributed by atoms with Crippen LogP contribution in [0.1, 0.15) is 62.8 Å². The van der Waals surface area contributed by atoms with Crippen LogP contribution in [0, 0.1) is 12.7 Å². The topological polar surface area (TPSA) is 41.8 Å². The van der Waals surface area contributed by atoms with Gasteiger partial charge in [-0.05, 0) is 76.6 Å². The molecule has 3 rings (SSSR count). The fourth-order valence-corrected chi connectivity index (χ4v) is 4.18. The van der Waals surface area contributed by atoms with Gasteiger partial charge in [0, 0.05) is 5.56 Å². The Morgan fingerprint density at radius 1 is 1.00 bits per heavy atom. The first-order valence-corrected chi connectivity index (χ1v) is 9.31. The average Bonchev–Trinajstić information content (AvgIpc) is 2.59. The Hall–Kier alpha value is -2.36. The Kier molecular flexibility index (Phi) is 4.79. The molecule has 27 heavy (non-hydrogen) atoms. The van der Waals surface area contributed by atoms with E-state index < -0.39 is 5.82 Å². The van der Waals surface area contributed by atoms with E-state index >= 15 is 0 Å². The van der Waals surface area contributed by atoms with Crippen molar-refractivity contribution in [1.29, 1.82) is 0 Å². The zero-order valence-electron chi connectivity index (χ0n) is 17.0. The number of aryl methyl sites for hydroxylation is 1. The van der Waals surface area contributed by atoms with Crippen LogP contribution in [0.4, 0.5) is 4.39 Å². The maximum Gasteiger partial charge on any atom is 0.166 e. The smallest absolute Gasteiger partial charge is 0.166 e. The molecule has 144 valence electrons. The summed E-state index contributed by atoms with van der Waals surface area (Å²) in [5.41, 5.74) is 6.04. The van der Waals surface area contributed by atoms with Gasteiger partial charge in [-0.15, -0.1) is 0 Å². The molecule has 3 nitrogen and oxygen atoms in total. The normalized spacial score (nSPS) is 17.7. The third-order valence-electron chi connectivity index (χ3n) is 5.96. The van der Waals surface area contributed by atoms with Crippen LogP contribution in [-0.2, 0) is 10.8 Å². The van der Waals surface area contributed by atoms with Crippen molar-refractivity contribution in [3.63, 3.8) is 0 Å². The number of oxime groups is 1. The van der Waals surface area contributed by atoms with E-state index in [9.17, 15) is 4.39 Å².